The number of aromatic nitrogens is 2. The summed E-state index contributed by atoms with van der Waals surface area (Å²) in [6.07, 6.45) is 0. The molecule has 0 radical (unpaired) electrons. The molecule has 2 heterocycles. The molecule has 150 valence electrons. The van der Waals surface area contributed by atoms with Gasteiger partial charge in [-0.3, -0.25) is 4.57 Å². The van der Waals surface area contributed by atoms with Gasteiger partial charge in [-0.2, -0.15) is 0 Å². The lowest BCUT2D eigenvalue weighted by atomic mass is 10.1. The SMILES string of the molecule is O=C(O)c1cccc(-n2c(Cl)ccc2-c2cc(Cl)ccc2OCc2ccccc2)n1. The Balaban J connectivity index is 1.77. The second-order valence-electron chi connectivity index (χ2n) is 6.48. The van der Waals surface area contributed by atoms with Crippen LogP contribution in [0.5, 0.6) is 5.75 Å². The maximum absolute atomic E-state index is 11.3. The molecule has 0 aliphatic carbocycles. The molecule has 4 rings (SSSR count). The van der Waals surface area contributed by atoms with Crippen LogP contribution in [-0.2, 0) is 6.61 Å². The fourth-order valence-electron chi connectivity index (χ4n) is 3.09. The number of ether oxygens (including phenoxy) is 1. The van der Waals surface area contributed by atoms with Gasteiger partial charge < -0.3 is 9.84 Å². The van der Waals surface area contributed by atoms with Gasteiger partial charge >= 0.3 is 5.97 Å². The molecule has 2 aromatic heterocycles. The van der Waals surface area contributed by atoms with Crippen LogP contribution in [0, 0.1) is 0 Å². The fourth-order valence-corrected chi connectivity index (χ4v) is 3.50. The van der Waals surface area contributed by atoms with Gasteiger partial charge in [0.15, 0.2) is 5.69 Å². The Morgan fingerprint density at radius 2 is 1.77 bits per heavy atom. The zero-order valence-electron chi connectivity index (χ0n) is 15.6. The number of rotatable bonds is 6. The molecule has 7 heteroatoms. The van der Waals surface area contributed by atoms with Gasteiger partial charge in [0.25, 0.3) is 0 Å². The van der Waals surface area contributed by atoms with Crippen LogP contribution in [-0.4, -0.2) is 20.6 Å². The molecule has 0 bridgehead atoms. The summed E-state index contributed by atoms with van der Waals surface area (Å²) in [6, 6.07) is 23.4. The number of carboxylic acids is 1. The number of carbonyl (C=O) groups is 1. The summed E-state index contributed by atoms with van der Waals surface area (Å²) >= 11 is 12.7. The van der Waals surface area contributed by atoms with Crippen LogP contribution in [0.2, 0.25) is 10.2 Å². The summed E-state index contributed by atoms with van der Waals surface area (Å²) in [5, 5.41) is 10.2. The largest absolute Gasteiger partial charge is 0.488 e. The molecule has 4 aromatic rings. The van der Waals surface area contributed by atoms with E-state index in [2.05, 4.69) is 4.98 Å². The highest BCUT2D eigenvalue weighted by molar-refractivity contribution is 6.31. The first-order valence-corrected chi connectivity index (χ1v) is 9.83. The molecule has 0 atom stereocenters. The zero-order valence-corrected chi connectivity index (χ0v) is 17.1. The van der Waals surface area contributed by atoms with Crippen LogP contribution in [0.15, 0.2) is 78.9 Å². The predicted molar refractivity (Wildman–Crippen MR) is 117 cm³/mol. The van der Waals surface area contributed by atoms with Gasteiger partial charge in [-0.1, -0.05) is 59.6 Å². The summed E-state index contributed by atoms with van der Waals surface area (Å²) in [7, 11) is 0. The molecular formula is C23H16Cl2N2O3. The summed E-state index contributed by atoms with van der Waals surface area (Å²) < 4.78 is 7.73. The van der Waals surface area contributed by atoms with Gasteiger partial charge in [0.2, 0.25) is 0 Å². The highest BCUT2D eigenvalue weighted by atomic mass is 35.5. The number of nitrogens with zero attached hydrogens (tertiary/aromatic N) is 2. The Bertz CT molecular complexity index is 1210. The number of aromatic carboxylic acids is 1. The second-order valence-corrected chi connectivity index (χ2v) is 7.30. The third kappa shape index (κ3) is 4.17. The number of halogens is 2. The number of hydrogen-bond donors (Lipinski definition) is 1. The minimum atomic E-state index is -1.11. The van der Waals surface area contributed by atoms with E-state index < -0.39 is 5.97 Å². The maximum Gasteiger partial charge on any atom is 0.354 e. The topological polar surface area (TPSA) is 64.3 Å². The summed E-state index contributed by atoms with van der Waals surface area (Å²) in [5.41, 5.74) is 2.35. The highest BCUT2D eigenvalue weighted by Gasteiger charge is 2.17. The minimum absolute atomic E-state index is 0.0742. The molecule has 2 aromatic carbocycles. The average Bonchev–Trinajstić information content (AvgIpc) is 3.15. The smallest absolute Gasteiger partial charge is 0.354 e. The molecular weight excluding hydrogens is 423 g/mol. The molecule has 0 spiro atoms. The van der Waals surface area contributed by atoms with Gasteiger partial charge in [0.1, 0.15) is 23.3 Å². The number of carboxylic acid groups (broad SMARTS) is 1. The molecule has 0 saturated heterocycles. The first-order valence-electron chi connectivity index (χ1n) is 9.07. The first kappa shape index (κ1) is 20.0. The molecule has 30 heavy (non-hydrogen) atoms. The Morgan fingerprint density at radius 1 is 0.967 bits per heavy atom. The van der Waals surface area contributed by atoms with E-state index in [1.165, 1.54) is 6.07 Å². The zero-order chi connectivity index (χ0) is 21.1. The fraction of sp³-hybridized carbons (Fsp3) is 0.0435. The number of pyridine rings is 1. The van der Waals surface area contributed by atoms with Crippen molar-refractivity contribution >= 4 is 29.2 Å². The van der Waals surface area contributed by atoms with Crippen molar-refractivity contribution in [3.63, 3.8) is 0 Å². The lowest BCUT2D eigenvalue weighted by Crippen LogP contribution is -2.06. The van der Waals surface area contributed by atoms with Crippen LogP contribution in [0.3, 0.4) is 0 Å². The molecule has 1 N–H and O–H groups in total. The Kier molecular flexibility index (Phi) is 5.74. The molecule has 0 amide bonds. The van der Waals surface area contributed by atoms with E-state index in [4.69, 9.17) is 27.9 Å². The van der Waals surface area contributed by atoms with E-state index in [0.29, 0.717) is 39.6 Å². The highest BCUT2D eigenvalue weighted by Crippen LogP contribution is 2.37. The summed E-state index contributed by atoms with van der Waals surface area (Å²) in [5.74, 6) is -0.112. The molecule has 0 fully saturated rings. The third-order valence-corrected chi connectivity index (χ3v) is 5.00. The van der Waals surface area contributed by atoms with Crippen molar-refractivity contribution in [1.82, 2.24) is 9.55 Å². The molecule has 0 saturated carbocycles. The molecule has 0 aliphatic heterocycles. The van der Waals surface area contributed by atoms with Crippen molar-refractivity contribution in [1.29, 1.82) is 0 Å². The predicted octanol–water partition coefficient (Wildman–Crippen LogP) is 6.12. The standard InChI is InChI=1S/C23H16Cl2N2O3/c24-16-9-11-20(30-14-15-5-2-1-3-6-15)17(13-16)19-10-12-21(25)27(19)22-8-4-7-18(26-22)23(28)29/h1-13H,14H2,(H,28,29). The van der Waals surface area contributed by atoms with Crippen LogP contribution >= 0.6 is 23.2 Å². The number of hydrogen-bond acceptors (Lipinski definition) is 3. The van der Waals surface area contributed by atoms with Crippen LogP contribution in [0.25, 0.3) is 17.1 Å². The molecule has 5 nitrogen and oxygen atoms in total. The van der Waals surface area contributed by atoms with Gasteiger partial charge in [0.05, 0.1) is 5.69 Å². The molecule has 0 unspecified atom stereocenters. The van der Waals surface area contributed by atoms with E-state index in [9.17, 15) is 9.90 Å². The van der Waals surface area contributed by atoms with E-state index in [0.717, 1.165) is 5.56 Å². The summed E-state index contributed by atoms with van der Waals surface area (Å²) in [4.78, 5) is 15.6. The normalized spacial score (nSPS) is 10.7. The third-order valence-electron chi connectivity index (χ3n) is 4.47. The van der Waals surface area contributed by atoms with Crippen molar-refractivity contribution in [3.05, 3.63) is 100 Å². The Hall–Kier alpha value is -3.28. The van der Waals surface area contributed by atoms with Gasteiger partial charge in [-0.05, 0) is 48.0 Å². The van der Waals surface area contributed by atoms with E-state index in [-0.39, 0.29) is 5.69 Å². The van der Waals surface area contributed by atoms with Crippen molar-refractivity contribution in [2.45, 2.75) is 6.61 Å². The number of benzene rings is 2. The van der Waals surface area contributed by atoms with Crippen LogP contribution in [0.1, 0.15) is 16.1 Å². The van der Waals surface area contributed by atoms with Crippen molar-refractivity contribution < 1.29 is 14.6 Å². The Labute approximate surface area is 183 Å². The van der Waals surface area contributed by atoms with E-state index in [1.807, 2.05) is 36.4 Å². The molecule has 0 aliphatic rings. The van der Waals surface area contributed by atoms with Crippen molar-refractivity contribution in [2.24, 2.45) is 0 Å². The average molecular weight is 439 g/mol. The van der Waals surface area contributed by atoms with Crippen molar-refractivity contribution in [2.75, 3.05) is 0 Å². The monoisotopic (exact) mass is 438 g/mol. The van der Waals surface area contributed by atoms with Gasteiger partial charge in [-0.15, -0.1) is 0 Å². The minimum Gasteiger partial charge on any atom is -0.488 e. The van der Waals surface area contributed by atoms with E-state index >= 15 is 0 Å². The summed E-state index contributed by atoms with van der Waals surface area (Å²) in [6.45, 7) is 0.386. The van der Waals surface area contributed by atoms with Crippen LogP contribution < -0.4 is 4.74 Å². The van der Waals surface area contributed by atoms with Gasteiger partial charge in [-0.25, -0.2) is 9.78 Å². The first-order chi connectivity index (χ1) is 14.5. The van der Waals surface area contributed by atoms with Gasteiger partial charge in [0, 0.05) is 10.6 Å². The second kappa shape index (κ2) is 8.61. The quantitative estimate of drug-likeness (QED) is 0.393. The van der Waals surface area contributed by atoms with Crippen molar-refractivity contribution in [3.8, 4) is 22.8 Å². The maximum atomic E-state index is 11.3. The lowest BCUT2D eigenvalue weighted by molar-refractivity contribution is 0.0690. The van der Waals surface area contributed by atoms with Crippen LogP contribution in [0.4, 0.5) is 0 Å². The Morgan fingerprint density at radius 3 is 2.53 bits per heavy atom. The van der Waals surface area contributed by atoms with E-state index in [1.54, 1.807) is 41.0 Å². The lowest BCUT2D eigenvalue weighted by Gasteiger charge is -2.15.